The zero-order valence-corrected chi connectivity index (χ0v) is 16.9. The van der Waals surface area contributed by atoms with E-state index in [2.05, 4.69) is 31.6 Å². The van der Waals surface area contributed by atoms with E-state index in [1.807, 2.05) is 24.3 Å². The summed E-state index contributed by atoms with van der Waals surface area (Å²) in [6.07, 6.45) is 7.77. The molecule has 4 rings (SSSR count). The standard InChI is InChI=1S/C22H29N5O2/c1-29-19-6-2-5-18(12-19)26-22(28)10-7-16-4-3-11-27(14-16)21-13-20(23-15-24-21)25-17-8-9-17/h2,5-6,12-13,15-17H,3-4,7-11,14H2,1H3,(H,26,28)(H,23,24,25)/t16-/m0/s1. The number of carbonyl (C=O) groups is 1. The maximum atomic E-state index is 12.4. The molecule has 2 aromatic rings. The second-order valence-corrected chi connectivity index (χ2v) is 7.95. The number of hydrogen-bond donors (Lipinski definition) is 2. The first-order valence-electron chi connectivity index (χ1n) is 10.5. The van der Waals surface area contributed by atoms with Gasteiger partial charge in [-0.2, -0.15) is 0 Å². The first kappa shape index (κ1) is 19.5. The zero-order chi connectivity index (χ0) is 20.1. The van der Waals surface area contributed by atoms with Gasteiger partial charge in [0.15, 0.2) is 0 Å². The molecular weight excluding hydrogens is 366 g/mol. The summed E-state index contributed by atoms with van der Waals surface area (Å²) in [5.41, 5.74) is 0.774. The Morgan fingerprint density at radius 1 is 1.24 bits per heavy atom. The van der Waals surface area contributed by atoms with Crippen LogP contribution in [0, 0.1) is 5.92 Å². The number of nitrogens with one attached hydrogen (secondary N) is 2. The van der Waals surface area contributed by atoms with Crippen LogP contribution in [0.15, 0.2) is 36.7 Å². The van der Waals surface area contributed by atoms with Gasteiger partial charge in [-0.25, -0.2) is 9.97 Å². The second kappa shape index (κ2) is 9.11. The molecule has 1 aliphatic carbocycles. The summed E-state index contributed by atoms with van der Waals surface area (Å²) in [4.78, 5) is 23.5. The van der Waals surface area contributed by atoms with Gasteiger partial charge in [0.25, 0.3) is 0 Å². The van der Waals surface area contributed by atoms with E-state index in [0.29, 0.717) is 18.4 Å². The Morgan fingerprint density at radius 3 is 2.97 bits per heavy atom. The van der Waals surface area contributed by atoms with E-state index in [1.54, 1.807) is 13.4 Å². The number of rotatable bonds is 8. The van der Waals surface area contributed by atoms with Crippen LogP contribution in [-0.4, -0.2) is 42.1 Å². The van der Waals surface area contributed by atoms with Gasteiger partial charge in [0.05, 0.1) is 7.11 Å². The molecule has 1 saturated carbocycles. The number of piperidine rings is 1. The molecule has 0 radical (unpaired) electrons. The van der Waals surface area contributed by atoms with Crippen LogP contribution in [0.25, 0.3) is 0 Å². The van der Waals surface area contributed by atoms with Gasteiger partial charge in [-0.15, -0.1) is 0 Å². The number of anilines is 3. The molecule has 2 aliphatic rings. The van der Waals surface area contributed by atoms with Gasteiger partial charge >= 0.3 is 0 Å². The highest BCUT2D eigenvalue weighted by Crippen LogP contribution is 2.28. The molecule has 2 N–H and O–H groups in total. The van der Waals surface area contributed by atoms with E-state index in [4.69, 9.17) is 4.74 Å². The summed E-state index contributed by atoms with van der Waals surface area (Å²) in [6.45, 7) is 1.94. The second-order valence-electron chi connectivity index (χ2n) is 7.95. The van der Waals surface area contributed by atoms with Gasteiger partial charge in [-0.05, 0) is 50.2 Å². The summed E-state index contributed by atoms with van der Waals surface area (Å²) in [7, 11) is 1.62. The first-order chi connectivity index (χ1) is 14.2. The fourth-order valence-electron chi connectivity index (χ4n) is 3.80. The van der Waals surface area contributed by atoms with Gasteiger partial charge in [-0.3, -0.25) is 4.79 Å². The molecule has 1 amide bonds. The average molecular weight is 396 g/mol. The molecule has 29 heavy (non-hydrogen) atoms. The minimum absolute atomic E-state index is 0.0494. The number of aromatic nitrogens is 2. The van der Waals surface area contributed by atoms with Crippen LogP contribution in [-0.2, 0) is 4.79 Å². The van der Waals surface area contributed by atoms with Crippen LogP contribution in [0.3, 0.4) is 0 Å². The molecule has 1 aliphatic heterocycles. The molecule has 1 aromatic heterocycles. The quantitative estimate of drug-likeness (QED) is 0.710. The van der Waals surface area contributed by atoms with E-state index in [0.717, 1.165) is 55.4 Å². The Bertz CT molecular complexity index is 839. The molecule has 1 atom stereocenters. The maximum Gasteiger partial charge on any atom is 0.224 e. The molecule has 7 nitrogen and oxygen atoms in total. The number of amides is 1. The molecule has 1 aromatic carbocycles. The number of hydrogen-bond acceptors (Lipinski definition) is 6. The van der Waals surface area contributed by atoms with Crippen molar-refractivity contribution in [1.82, 2.24) is 9.97 Å². The van der Waals surface area contributed by atoms with Gasteiger partial charge in [0, 0.05) is 43.4 Å². The Hall–Kier alpha value is -2.83. The van der Waals surface area contributed by atoms with Crippen molar-refractivity contribution < 1.29 is 9.53 Å². The molecule has 1 saturated heterocycles. The van der Waals surface area contributed by atoms with Crippen LogP contribution in [0.2, 0.25) is 0 Å². The smallest absolute Gasteiger partial charge is 0.224 e. The van der Waals surface area contributed by atoms with Crippen molar-refractivity contribution in [3.05, 3.63) is 36.7 Å². The van der Waals surface area contributed by atoms with Crippen molar-refractivity contribution in [2.45, 2.75) is 44.6 Å². The lowest BCUT2D eigenvalue weighted by molar-refractivity contribution is -0.116. The van der Waals surface area contributed by atoms with Crippen molar-refractivity contribution in [1.29, 1.82) is 0 Å². The van der Waals surface area contributed by atoms with Crippen LogP contribution in [0.4, 0.5) is 17.3 Å². The van der Waals surface area contributed by atoms with Crippen molar-refractivity contribution in [3.63, 3.8) is 0 Å². The van der Waals surface area contributed by atoms with Gasteiger partial charge in [-0.1, -0.05) is 6.07 Å². The summed E-state index contributed by atoms with van der Waals surface area (Å²) >= 11 is 0. The number of methoxy groups -OCH3 is 1. The van der Waals surface area contributed by atoms with E-state index in [9.17, 15) is 4.79 Å². The summed E-state index contributed by atoms with van der Waals surface area (Å²) in [6, 6.07) is 10.1. The topological polar surface area (TPSA) is 79.4 Å². The third-order valence-electron chi connectivity index (χ3n) is 5.56. The van der Waals surface area contributed by atoms with Gasteiger partial charge < -0.3 is 20.3 Å². The third-order valence-corrected chi connectivity index (χ3v) is 5.56. The van der Waals surface area contributed by atoms with Crippen LogP contribution in [0.1, 0.15) is 38.5 Å². The molecule has 0 unspecified atom stereocenters. The third kappa shape index (κ3) is 5.59. The van der Waals surface area contributed by atoms with Gasteiger partial charge in [0.2, 0.25) is 5.91 Å². The van der Waals surface area contributed by atoms with Crippen molar-refractivity contribution in [2.24, 2.45) is 5.92 Å². The van der Waals surface area contributed by atoms with E-state index in [1.165, 1.54) is 12.8 Å². The lowest BCUT2D eigenvalue weighted by Gasteiger charge is -2.33. The van der Waals surface area contributed by atoms with Crippen molar-refractivity contribution in [3.8, 4) is 5.75 Å². The van der Waals surface area contributed by atoms with Crippen LogP contribution in [0.5, 0.6) is 5.75 Å². The summed E-state index contributed by atoms with van der Waals surface area (Å²) < 4.78 is 5.21. The minimum atomic E-state index is 0.0494. The highest BCUT2D eigenvalue weighted by atomic mass is 16.5. The number of ether oxygens (including phenoxy) is 1. The van der Waals surface area contributed by atoms with E-state index in [-0.39, 0.29) is 5.91 Å². The summed E-state index contributed by atoms with van der Waals surface area (Å²) in [5.74, 6) is 3.18. The fraction of sp³-hybridized carbons (Fsp3) is 0.500. The fourth-order valence-corrected chi connectivity index (χ4v) is 3.80. The Morgan fingerprint density at radius 2 is 2.14 bits per heavy atom. The molecule has 0 bridgehead atoms. The van der Waals surface area contributed by atoms with Crippen LogP contribution >= 0.6 is 0 Å². The molecule has 0 spiro atoms. The normalized spacial score (nSPS) is 18.9. The molecule has 154 valence electrons. The van der Waals surface area contributed by atoms with Gasteiger partial charge in [0.1, 0.15) is 23.7 Å². The largest absolute Gasteiger partial charge is 0.497 e. The monoisotopic (exact) mass is 395 g/mol. The highest BCUT2D eigenvalue weighted by molar-refractivity contribution is 5.90. The predicted octanol–water partition coefficient (Wildman–Crippen LogP) is 3.69. The number of nitrogens with zero attached hydrogens (tertiary/aromatic N) is 3. The Kier molecular flexibility index (Phi) is 6.12. The Labute approximate surface area is 171 Å². The zero-order valence-electron chi connectivity index (χ0n) is 16.9. The minimum Gasteiger partial charge on any atom is -0.497 e. The Balaban J connectivity index is 1.27. The predicted molar refractivity (Wildman–Crippen MR) is 114 cm³/mol. The number of carbonyl (C=O) groups excluding carboxylic acids is 1. The first-order valence-corrected chi connectivity index (χ1v) is 10.5. The summed E-state index contributed by atoms with van der Waals surface area (Å²) in [5, 5.41) is 6.41. The molecular formula is C22H29N5O2. The van der Waals surface area contributed by atoms with Crippen molar-refractivity contribution in [2.75, 3.05) is 35.7 Å². The number of benzene rings is 1. The highest BCUT2D eigenvalue weighted by Gasteiger charge is 2.24. The lowest BCUT2D eigenvalue weighted by atomic mass is 9.93. The maximum absolute atomic E-state index is 12.4. The molecule has 2 fully saturated rings. The van der Waals surface area contributed by atoms with E-state index >= 15 is 0 Å². The molecule has 7 heteroatoms. The average Bonchev–Trinajstić information content (AvgIpc) is 3.57. The van der Waals surface area contributed by atoms with Crippen molar-refractivity contribution >= 4 is 23.2 Å². The van der Waals surface area contributed by atoms with E-state index < -0.39 is 0 Å². The lowest BCUT2D eigenvalue weighted by Crippen LogP contribution is -2.36. The molecule has 2 heterocycles. The SMILES string of the molecule is COc1cccc(NC(=O)CC[C@@H]2CCCN(c3cc(NC4CC4)ncn3)C2)c1. The van der Waals surface area contributed by atoms with Crippen LogP contribution < -0.4 is 20.3 Å².